The van der Waals surface area contributed by atoms with Crippen molar-refractivity contribution in [3.8, 4) is 0 Å². The van der Waals surface area contributed by atoms with E-state index in [1.54, 1.807) is 0 Å². The van der Waals surface area contributed by atoms with Crippen molar-refractivity contribution in [1.82, 2.24) is 0 Å². The quantitative estimate of drug-likeness (QED) is 0.375. The summed E-state index contributed by atoms with van der Waals surface area (Å²) in [6.45, 7) is 4.78. The lowest BCUT2D eigenvalue weighted by Crippen LogP contribution is -2.35. The lowest BCUT2D eigenvalue weighted by molar-refractivity contribution is -0.135. The number of hydrogen-bond acceptors (Lipinski definition) is 7. The molecule has 2 aliphatic heterocycles. The number of para-hydroxylation sites is 2. The summed E-state index contributed by atoms with van der Waals surface area (Å²) in [6, 6.07) is 12.5. The maximum Gasteiger partial charge on any atom is 0.356 e. The molecule has 0 atom stereocenters. The Morgan fingerprint density at radius 1 is 1.12 bits per heavy atom. The van der Waals surface area contributed by atoms with E-state index in [9.17, 15) is 4.79 Å². The number of hydrogen-bond donors (Lipinski definition) is 1. The first kappa shape index (κ1) is 23.0. The number of benzene rings is 2. The first-order valence-electron chi connectivity index (χ1n) is 11.9. The molecule has 0 saturated carbocycles. The average Bonchev–Trinajstić information content (AvgIpc) is 2.83. The minimum Gasteiger partial charge on any atom is -0.461 e. The zero-order valence-corrected chi connectivity index (χ0v) is 20.2. The summed E-state index contributed by atoms with van der Waals surface area (Å²) in [5, 5.41) is 9.78. The van der Waals surface area contributed by atoms with Crippen LogP contribution in [0.25, 0.3) is 0 Å². The van der Waals surface area contributed by atoms with Gasteiger partial charge in [0.1, 0.15) is 0 Å². The zero-order chi connectivity index (χ0) is 23.4. The Bertz CT molecular complexity index is 1000. The highest BCUT2D eigenvalue weighted by Gasteiger charge is 2.25. The van der Waals surface area contributed by atoms with Crippen LogP contribution in [0.5, 0.6) is 0 Å². The van der Waals surface area contributed by atoms with Gasteiger partial charge in [0, 0.05) is 39.9 Å². The first-order chi connectivity index (χ1) is 16.0. The van der Waals surface area contributed by atoms with Crippen LogP contribution < -0.4 is 20.1 Å². The molecule has 176 valence electrons. The van der Waals surface area contributed by atoms with E-state index in [1.165, 1.54) is 29.7 Å². The van der Waals surface area contributed by atoms with E-state index in [0.29, 0.717) is 18.9 Å². The fraction of sp³-hybridized carbons (Fsp3) is 0.462. The van der Waals surface area contributed by atoms with Crippen molar-refractivity contribution in [1.29, 1.82) is 0 Å². The number of nitrogens with zero attached hydrogens (tertiary/aromatic N) is 4. The third-order valence-corrected chi connectivity index (χ3v) is 6.44. The molecule has 0 unspecified atom stereocenters. The molecular weight excluding hydrogens is 414 g/mol. The molecule has 2 aromatic rings. The Kier molecular flexibility index (Phi) is 7.06. The molecule has 0 aliphatic carbocycles. The van der Waals surface area contributed by atoms with Crippen LogP contribution in [0.3, 0.4) is 0 Å². The third-order valence-electron chi connectivity index (χ3n) is 6.44. The second kappa shape index (κ2) is 10.1. The Balaban J connectivity index is 1.63. The van der Waals surface area contributed by atoms with Crippen LogP contribution in [0.4, 0.5) is 22.7 Å². The number of carbonyl (C=O) groups excluding carboxylic acids is 1. The van der Waals surface area contributed by atoms with Crippen molar-refractivity contribution in [2.45, 2.75) is 32.6 Å². The first-order valence-corrected chi connectivity index (χ1v) is 11.9. The zero-order valence-electron chi connectivity index (χ0n) is 20.2. The van der Waals surface area contributed by atoms with Gasteiger partial charge < -0.3 is 19.9 Å². The number of carbonyl (C=O) groups is 1. The summed E-state index contributed by atoms with van der Waals surface area (Å²) >= 11 is 0. The highest BCUT2D eigenvalue weighted by atomic mass is 16.5. The standard InChI is InChI=1S/C26H35N5O2/c1-5-33-26(32)23(18-29(3)24-13-7-6-12-22(24)27-2)28-30(4)21-16-19-10-8-14-31-15-9-11-20(17-21)25(19)31/h6-7,12-13,16-17,27H,5,8-11,14-15,18H2,1-4H3/b28-23-. The summed E-state index contributed by atoms with van der Waals surface area (Å²) in [7, 11) is 5.77. The van der Waals surface area contributed by atoms with Crippen LogP contribution in [0.2, 0.25) is 0 Å². The molecule has 0 fully saturated rings. The van der Waals surface area contributed by atoms with Gasteiger partial charge in [-0.05, 0) is 68.0 Å². The fourth-order valence-electron chi connectivity index (χ4n) is 4.89. The number of aryl methyl sites for hydroxylation is 2. The van der Waals surface area contributed by atoms with Gasteiger partial charge in [0.15, 0.2) is 5.71 Å². The maximum atomic E-state index is 12.8. The van der Waals surface area contributed by atoms with E-state index in [0.717, 1.165) is 43.0 Å². The predicted octanol–water partition coefficient (Wildman–Crippen LogP) is 3.92. The molecule has 2 heterocycles. The van der Waals surface area contributed by atoms with E-state index in [4.69, 9.17) is 9.84 Å². The highest BCUT2D eigenvalue weighted by Crippen LogP contribution is 2.38. The van der Waals surface area contributed by atoms with Gasteiger partial charge in [-0.2, -0.15) is 5.10 Å². The van der Waals surface area contributed by atoms with Gasteiger partial charge in [-0.25, -0.2) is 4.79 Å². The van der Waals surface area contributed by atoms with Gasteiger partial charge in [0.05, 0.1) is 30.2 Å². The molecule has 0 spiro atoms. The van der Waals surface area contributed by atoms with Crippen LogP contribution >= 0.6 is 0 Å². The molecule has 0 saturated heterocycles. The molecule has 33 heavy (non-hydrogen) atoms. The number of hydrazone groups is 1. The Morgan fingerprint density at radius 3 is 2.42 bits per heavy atom. The summed E-state index contributed by atoms with van der Waals surface area (Å²) < 4.78 is 5.35. The lowest BCUT2D eigenvalue weighted by Gasteiger charge is -2.37. The van der Waals surface area contributed by atoms with Gasteiger partial charge >= 0.3 is 5.97 Å². The molecule has 1 N–H and O–H groups in total. The smallest absolute Gasteiger partial charge is 0.356 e. The Morgan fingerprint density at radius 2 is 1.79 bits per heavy atom. The monoisotopic (exact) mass is 449 g/mol. The maximum absolute atomic E-state index is 12.8. The molecule has 0 amide bonds. The van der Waals surface area contributed by atoms with Gasteiger partial charge in [-0.3, -0.25) is 5.01 Å². The minimum atomic E-state index is -0.386. The number of esters is 1. The molecule has 2 aliphatic rings. The van der Waals surface area contributed by atoms with Crippen molar-refractivity contribution >= 4 is 34.4 Å². The van der Waals surface area contributed by atoms with Crippen LogP contribution in [0.1, 0.15) is 30.9 Å². The van der Waals surface area contributed by atoms with Gasteiger partial charge in [0.25, 0.3) is 0 Å². The molecule has 4 rings (SSSR count). The van der Waals surface area contributed by atoms with Crippen molar-refractivity contribution in [2.24, 2.45) is 5.10 Å². The van der Waals surface area contributed by atoms with E-state index in [2.05, 4.69) is 22.3 Å². The van der Waals surface area contributed by atoms with Gasteiger partial charge in [-0.1, -0.05) is 12.1 Å². The molecule has 7 nitrogen and oxygen atoms in total. The second-order valence-corrected chi connectivity index (χ2v) is 8.72. The fourth-order valence-corrected chi connectivity index (χ4v) is 4.89. The van der Waals surface area contributed by atoms with Crippen molar-refractivity contribution in [3.63, 3.8) is 0 Å². The van der Waals surface area contributed by atoms with Crippen LogP contribution in [-0.4, -0.2) is 59.1 Å². The second-order valence-electron chi connectivity index (χ2n) is 8.72. The number of nitrogens with one attached hydrogen (secondary N) is 1. The summed E-state index contributed by atoms with van der Waals surface area (Å²) in [4.78, 5) is 17.4. The van der Waals surface area contributed by atoms with Crippen molar-refractivity contribution in [2.75, 3.05) is 67.5 Å². The van der Waals surface area contributed by atoms with Crippen molar-refractivity contribution in [3.05, 3.63) is 47.5 Å². The third kappa shape index (κ3) is 4.92. The molecule has 2 aromatic carbocycles. The van der Waals surface area contributed by atoms with Crippen LogP contribution in [-0.2, 0) is 22.4 Å². The molecule has 7 heteroatoms. The summed E-state index contributed by atoms with van der Waals surface area (Å²) in [5.41, 5.74) is 7.62. The molecule has 0 aromatic heterocycles. The van der Waals surface area contributed by atoms with Crippen LogP contribution in [0, 0.1) is 0 Å². The van der Waals surface area contributed by atoms with Crippen LogP contribution in [0.15, 0.2) is 41.5 Å². The average molecular weight is 450 g/mol. The van der Waals surface area contributed by atoms with Gasteiger partial charge in [-0.15, -0.1) is 0 Å². The predicted molar refractivity (Wildman–Crippen MR) is 137 cm³/mol. The summed E-state index contributed by atoms with van der Waals surface area (Å²) in [6.07, 6.45) is 4.57. The van der Waals surface area contributed by atoms with E-state index < -0.39 is 0 Å². The topological polar surface area (TPSA) is 60.4 Å². The minimum absolute atomic E-state index is 0.317. The molecule has 0 radical (unpaired) electrons. The Labute approximate surface area is 197 Å². The summed E-state index contributed by atoms with van der Waals surface area (Å²) in [5.74, 6) is -0.386. The lowest BCUT2D eigenvalue weighted by atomic mass is 9.91. The SMILES string of the molecule is CCOC(=O)/C(CN(C)c1ccccc1NC)=N\N(C)c1cc2c3c(c1)CCCN3CCC2. The van der Waals surface area contributed by atoms with E-state index in [1.807, 2.05) is 62.2 Å². The van der Waals surface area contributed by atoms with Crippen molar-refractivity contribution < 1.29 is 9.53 Å². The Hall–Kier alpha value is -3.22. The van der Waals surface area contributed by atoms with Gasteiger partial charge in [0.2, 0.25) is 0 Å². The molecular formula is C26H35N5O2. The highest BCUT2D eigenvalue weighted by molar-refractivity contribution is 6.38. The number of anilines is 4. The molecule has 0 bridgehead atoms. The van der Waals surface area contributed by atoms with E-state index >= 15 is 0 Å². The number of rotatable bonds is 8. The normalized spacial score (nSPS) is 15.0. The number of ether oxygens (including phenoxy) is 1. The van der Waals surface area contributed by atoms with E-state index in [-0.39, 0.29) is 5.97 Å². The largest absolute Gasteiger partial charge is 0.461 e.